The molecule has 1 aliphatic heterocycles. The number of nitrogens with zero attached hydrogens (tertiary/aromatic N) is 2. The summed E-state index contributed by atoms with van der Waals surface area (Å²) in [7, 11) is 0. The molecule has 0 radical (unpaired) electrons. The second-order valence-electron chi connectivity index (χ2n) is 7.22. The molecule has 0 aromatic heterocycles. The number of rotatable bonds is 8. The maximum Gasteiger partial charge on any atom is 0.191 e. The van der Waals surface area contributed by atoms with Gasteiger partial charge in [-0.25, -0.2) is 4.99 Å². The van der Waals surface area contributed by atoms with Gasteiger partial charge in [0.15, 0.2) is 5.96 Å². The number of hydrogen-bond acceptors (Lipinski definition) is 3. The molecule has 2 N–H and O–H groups in total. The third kappa shape index (κ3) is 7.24. The van der Waals surface area contributed by atoms with Gasteiger partial charge in [-0.2, -0.15) is 0 Å². The van der Waals surface area contributed by atoms with Gasteiger partial charge in [-0.3, -0.25) is 0 Å². The summed E-state index contributed by atoms with van der Waals surface area (Å²) in [6.07, 6.45) is 3.64. The zero-order chi connectivity index (χ0) is 18.8. The molecule has 1 fully saturated rings. The molecule has 1 aromatic carbocycles. The van der Waals surface area contributed by atoms with Gasteiger partial charge in [0.2, 0.25) is 0 Å². The molecule has 1 atom stereocenters. The van der Waals surface area contributed by atoms with Crippen molar-refractivity contribution in [2.75, 3.05) is 32.7 Å². The summed E-state index contributed by atoms with van der Waals surface area (Å²) >= 11 is 0. The van der Waals surface area contributed by atoms with E-state index in [4.69, 9.17) is 9.73 Å². The summed E-state index contributed by atoms with van der Waals surface area (Å²) in [5.41, 5.74) is 1.24. The van der Waals surface area contributed by atoms with Gasteiger partial charge in [-0.05, 0) is 58.7 Å². The summed E-state index contributed by atoms with van der Waals surface area (Å²) in [4.78, 5) is 7.29. The van der Waals surface area contributed by atoms with Crippen molar-refractivity contribution >= 4 is 5.96 Å². The highest BCUT2D eigenvalue weighted by Crippen LogP contribution is 2.13. The van der Waals surface area contributed by atoms with Gasteiger partial charge in [0.25, 0.3) is 0 Å². The molecular weight excluding hydrogens is 324 g/mol. The highest BCUT2D eigenvalue weighted by Gasteiger charge is 2.19. The van der Waals surface area contributed by atoms with E-state index in [0.29, 0.717) is 12.6 Å². The Morgan fingerprint density at radius 2 is 1.92 bits per heavy atom. The molecule has 0 saturated carbocycles. The monoisotopic (exact) mass is 360 g/mol. The van der Waals surface area contributed by atoms with Crippen molar-refractivity contribution in [1.82, 2.24) is 15.5 Å². The van der Waals surface area contributed by atoms with E-state index in [-0.39, 0.29) is 6.10 Å². The van der Waals surface area contributed by atoms with Crippen molar-refractivity contribution in [2.24, 2.45) is 4.99 Å². The minimum absolute atomic E-state index is 0.0413. The largest absolute Gasteiger partial charge is 0.489 e. The lowest BCUT2D eigenvalue weighted by molar-refractivity contribution is 0.206. The van der Waals surface area contributed by atoms with Crippen LogP contribution in [0.3, 0.4) is 0 Å². The van der Waals surface area contributed by atoms with E-state index < -0.39 is 0 Å². The summed E-state index contributed by atoms with van der Waals surface area (Å²) in [6.45, 7) is 13.6. The average molecular weight is 361 g/mol. The van der Waals surface area contributed by atoms with E-state index in [1.165, 1.54) is 44.5 Å². The highest BCUT2D eigenvalue weighted by molar-refractivity contribution is 5.80. The van der Waals surface area contributed by atoms with Gasteiger partial charge in [-0.1, -0.05) is 24.6 Å². The number of likely N-dealkylation sites (tertiary alicyclic amines) is 1. The lowest BCUT2D eigenvalue weighted by Gasteiger charge is -2.32. The molecule has 1 aromatic rings. The fourth-order valence-electron chi connectivity index (χ4n) is 3.24. The highest BCUT2D eigenvalue weighted by atomic mass is 16.5. The SMILES string of the molecule is CCCN1CCC(NC(=NCC(C)Oc2ccc(C)cc2)NCC)CC1. The van der Waals surface area contributed by atoms with Gasteiger partial charge in [0.1, 0.15) is 11.9 Å². The van der Waals surface area contributed by atoms with E-state index >= 15 is 0 Å². The van der Waals surface area contributed by atoms with Crippen LogP contribution in [-0.4, -0.2) is 55.7 Å². The Kier molecular flexibility index (Phi) is 8.75. The quantitative estimate of drug-likeness (QED) is 0.552. The first kappa shape index (κ1) is 20.6. The normalized spacial score (nSPS) is 17.8. The molecule has 1 aliphatic rings. The van der Waals surface area contributed by atoms with Crippen molar-refractivity contribution < 1.29 is 4.74 Å². The minimum atomic E-state index is 0.0413. The smallest absolute Gasteiger partial charge is 0.191 e. The number of hydrogen-bond donors (Lipinski definition) is 2. The van der Waals surface area contributed by atoms with Crippen LogP contribution >= 0.6 is 0 Å². The zero-order valence-electron chi connectivity index (χ0n) is 16.9. The molecule has 1 unspecified atom stereocenters. The maximum absolute atomic E-state index is 5.96. The van der Waals surface area contributed by atoms with Crippen molar-refractivity contribution in [2.45, 2.75) is 59.1 Å². The Morgan fingerprint density at radius 1 is 1.23 bits per heavy atom. The van der Waals surface area contributed by atoms with Crippen molar-refractivity contribution in [3.63, 3.8) is 0 Å². The molecule has 1 saturated heterocycles. The van der Waals surface area contributed by atoms with Crippen LogP contribution in [0.25, 0.3) is 0 Å². The summed E-state index contributed by atoms with van der Waals surface area (Å²) in [5, 5.41) is 6.97. The Morgan fingerprint density at radius 3 is 2.54 bits per heavy atom. The standard InChI is InChI=1S/C21H36N4O/c1-5-13-25-14-11-19(12-15-25)24-21(22-6-2)23-16-18(4)26-20-9-7-17(3)8-10-20/h7-10,18-19H,5-6,11-16H2,1-4H3,(H2,22,23,24). The number of aryl methyl sites for hydroxylation is 1. The number of ether oxygens (including phenoxy) is 1. The average Bonchev–Trinajstić information content (AvgIpc) is 2.64. The number of guanidine groups is 1. The molecule has 2 rings (SSSR count). The fourth-order valence-corrected chi connectivity index (χ4v) is 3.24. The Bertz CT molecular complexity index is 535. The molecular formula is C21H36N4O. The third-order valence-electron chi connectivity index (χ3n) is 4.68. The molecule has 26 heavy (non-hydrogen) atoms. The Balaban J connectivity index is 1.81. The lowest BCUT2D eigenvalue weighted by atomic mass is 10.1. The van der Waals surface area contributed by atoms with Gasteiger partial charge < -0.3 is 20.3 Å². The number of aliphatic imine (C=N–C) groups is 1. The molecule has 0 amide bonds. The van der Waals surface area contributed by atoms with Crippen LogP contribution in [0.4, 0.5) is 0 Å². The van der Waals surface area contributed by atoms with Gasteiger partial charge in [-0.15, -0.1) is 0 Å². The number of piperidine rings is 1. The van der Waals surface area contributed by atoms with Crippen molar-refractivity contribution in [3.05, 3.63) is 29.8 Å². The first-order valence-electron chi connectivity index (χ1n) is 10.1. The van der Waals surface area contributed by atoms with Crippen LogP contribution in [-0.2, 0) is 0 Å². The molecule has 5 heteroatoms. The number of benzene rings is 1. The van der Waals surface area contributed by atoms with Gasteiger partial charge >= 0.3 is 0 Å². The molecule has 146 valence electrons. The summed E-state index contributed by atoms with van der Waals surface area (Å²) < 4.78 is 5.96. The predicted octanol–water partition coefficient (Wildman–Crippen LogP) is 3.19. The molecule has 1 heterocycles. The first-order valence-corrected chi connectivity index (χ1v) is 10.1. The van der Waals surface area contributed by atoms with E-state index in [1.54, 1.807) is 0 Å². The second-order valence-corrected chi connectivity index (χ2v) is 7.22. The van der Waals surface area contributed by atoms with Crippen LogP contribution in [0.15, 0.2) is 29.3 Å². The van der Waals surface area contributed by atoms with E-state index in [0.717, 1.165) is 18.3 Å². The van der Waals surface area contributed by atoms with Crippen LogP contribution in [0, 0.1) is 6.92 Å². The van der Waals surface area contributed by atoms with E-state index in [1.807, 2.05) is 12.1 Å². The topological polar surface area (TPSA) is 48.9 Å². The summed E-state index contributed by atoms with van der Waals surface area (Å²) in [6, 6.07) is 8.68. The van der Waals surface area contributed by atoms with Crippen LogP contribution in [0.2, 0.25) is 0 Å². The zero-order valence-corrected chi connectivity index (χ0v) is 16.9. The predicted molar refractivity (Wildman–Crippen MR) is 110 cm³/mol. The maximum atomic E-state index is 5.96. The van der Waals surface area contributed by atoms with Gasteiger partial charge in [0.05, 0.1) is 6.54 Å². The van der Waals surface area contributed by atoms with Crippen LogP contribution < -0.4 is 15.4 Å². The Labute approximate surface area is 159 Å². The van der Waals surface area contributed by atoms with Crippen LogP contribution in [0.5, 0.6) is 5.75 Å². The van der Waals surface area contributed by atoms with Gasteiger partial charge in [0, 0.05) is 25.7 Å². The molecule has 5 nitrogen and oxygen atoms in total. The Hall–Kier alpha value is -1.75. The van der Waals surface area contributed by atoms with Crippen molar-refractivity contribution in [1.29, 1.82) is 0 Å². The third-order valence-corrected chi connectivity index (χ3v) is 4.68. The van der Waals surface area contributed by atoms with E-state index in [9.17, 15) is 0 Å². The first-order chi connectivity index (χ1) is 12.6. The molecule has 0 aliphatic carbocycles. The fraction of sp³-hybridized carbons (Fsp3) is 0.667. The van der Waals surface area contributed by atoms with Crippen LogP contribution in [0.1, 0.15) is 45.6 Å². The summed E-state index contributed by atoms with van der Waals surface area (Å²) in [5.74, 6) is 1.81. The van der Waals surface area contributed by atoms with E-state index in [2.05, 4.69) is 55.4 Å². The second kappa shape index (κ2) is 11.1. The minimum Gasteiger partial charge on any atom is -0.489 e. The lowest BCUT2D eigenvalue weighted by Crippen LogP contribution is -2.49. The molecule has 0 bridgehead atoms. The number of nitrogens with one attached hydrogen (secondary N) is 2. The molecule has 0 spiro atoms. The van der Waals surface area contributed by atoms with Crippen molar-refractivity contribution in [3.8, 4) is 5.75 Å².